The molecule has 1 aromatic carbocycles. The maximum absolute atomic E-state index is 12.7. The Hall–Kier alpha value is -4.13. The molecular weight excluding hydrogens is 428 g/mol. The number of aromatic amines is 1. The lowest BCUT2D eigenvalue weighted by atomic mass is 10.1. The molecule has 4 heterocycles. The van der Waals surface area contributed by atoms with Crippen molar-refractivity contribution < 1.29 is 14.3 Å². The van der Waals surface area contributed by atoms with Crippen molar-refractivity contribution in [2.45, 2.75) is 32.8 Å². The van der Waals surface area contributed by atoms with E-state index in [1.807, 2.05) is 75.4 Å². The fraction of sp³-hybridized carbons (Fsp3) is 0.222. The van der Waals surface area contributed by atoms with E-state index in [2.05, 4.69) is 15.3 Å². The van der Waals surface area contributed by atoms with Gasteiger partial charge >= 0.3 is 6.09 Å². The van der Waals surface area contributed by atoms with Crippen molar-refractivity contribution in [1.82, 2.24) is 19.9 Å². The molecule has 34 heavy (non-hydrogen) atoms. The molecular formula is C27H26N4O3. The number of nitrogens with zero attached hydrogens (tertiary/aromatic N) is 2. The Morgan fingerprint density at radius 2 is 1.97 bits per heavy atom. The summed E-state index contributed by atoms with van der Waals surface area (Å²) in [4.78, 5) is 32.7. The van der Waals surface area contributed by atoms with Gasteiger partial charge in [0.2, 0.25) is 0 Å². The topological polar surface area (TPSA) is 89.0 Å². The van der Waals surface area contributed by atoms with Gasteiger partial charge in [0.05, 0.1) is 16.8 Å². The van der Waals surface area contributed by atoms with Crippen LogP contribution >= 0.6 is 0 Å². The molecule has 3 aromatic heterocycles. The minimum absolute atomic E-state index is 0.0423. The summed E-state index contributed by atoms with van der Waals surface area (Å²) >= 11 is 0. The standard InChI is InChI=1S/C27H26N4O3/c1-27(2,3)34-26(33)31-16-18(20-6-4-5-7-24(20)31)8-9-19-14-17(10-12-28-19)23-15-21-22(30-23)11-13-29-25(21)32/h4-10,12,14-16,30H,11,13H2,1-3H3,(H,29,32). The van der Waals surface area contributed by atoms with Gasteiger partial charge in [0.15, 0.2) is 0 Å². The number of carbonyl (C=O) groups is 2. The lowest BCUT2D eigenvalue weighted by Gasteiger charge is -2.19. The Morgan fingerprint density at radius 3 is 2.76 bits per heavy atom. The SMILES string of the molecule is CC(C)(C)OC(=O)n1cc(C=Cc2cc(-c3cc4c([nH]3)CCNC4=O)ccn2)c2ccccc21. The van der Waals surface area contributed by atoms with Crippen LogP contribution in [0.5, 0.6) is 0 Å². The second-order valence-electron chi connectivity index (χ2n) is 9.34. The lowest BCUT2D eigenvalue weighted by Crippen LogP contribution is -2.31. The maximum Gasteiger partial charge on any atom is 0.419 e. The van der Waals surface area contributed by atoms with Crippen molar-refractivity contribution in [2.75, 3.05) is 6.54 Å². The normalized spacial score (nSPS) is 13.8. The Labute approximate surface area is 197 Å². The molecule has 0 atom stereocenters. The highest BCUT2D eigenvalue weighted by molar-refractivity contribution is 5.98. The van der Waals surface area contributed by atoms with Gasteiger partial charge in [-0.25, -0.2) is 4.79 Å². The third kappa shape index (κ3) is 4.24. The van der Waals surface area contributed by atoms with Gasteiger partial charge in [0, 0.05) is 53.3 Å². The number of nitrogens with one attached hydrogen (secondary N) is 2. The van der Waals surface area contributed by atoms with Crippen LogP contribution in [0.2, 0.25) is 0 Å². The number of para-hydroxylation sites is 1. The second kappa shape index (κ2) is 8.33. The number of amides is 1. The number of carbonyl (C=O) groups excluding carboxylic acids is 2. The van der Waals surface area contributed by atoms with E-state index >= 15 is 0 Å². The summed E-state index contributed by atoms with van der Waals surface area (Å²) < 4.78 is 7.11. The van der Waals surface area contributed by atoms with Crippen LogP contribution in [0.25, 0.3) is 34.3 Å². The molecule has 1 aliphatic heterocycles. The highest BCUT2D eigenvalue weighted by Crippen LogP contribution is 2.27. The number of ether oxygens (including phenoxy) is 1. The molecule has 7 nitrogen and oxygen atoms in total. The van der Waals surface area contributed by atoms with Crippen LogP contribution in [0, 0.1) is 0 Å². The third-order valence-corrected chi connectivity index (χ3v) is 5.66. The summed E-state index contributed by atoms with van der Waals surface area (Å²) in [5.41, 5.74) is 5.36. The summed E-state index contributed by atoms with van der Waals surface area (Å²) in [5.74, 6) is -0.0423. The average Bonchev–Trinajstić information content (AvgIpc) is 3.40. The summed E-state index contributed by atoms with van der Waals surface area (Å²) in [7, 11) is 0. The van der Waals surface area contributed by atoms with Gasteiger partial charge in [0.1, 0.15) is 5.60 Å². The molecule has 0 bridgehead atoms. The molecule has 4 aromatic rings. The van der Waals surface area contributed by atoms with Crippen LogP contribution in [0.4, 0.5) is 4.79 Å². The van der Waals surface area contributed by atoms with Crippen molar-refractivity contribution in [3.8, 4) is 11.3 Å². The van der Waals surface area contributed by atoms with Gasteiger partial charge in [0.25, 0.3) is 5.91 Å². The zero-order valence-corrected chi connectivity index (χ0v) is 19.4. The number of fused-ring (bicyclic) bond motifs is 2. The van der Waals surface area contributed by atoms with E-state index in [4.69, 9.17) is 4.74 Å². The van der Waals surface area contributed by atoms with Crippen LogP contribution in [0.15, 0.2) is 54.9 Å². The number of pyridine rings is 1. The first-order valence-electron chi connectivity index (χ1n) is 11.3. The maximum atomic E-state index is 12.7. The van der Waals surface area contributed by atoms with Gasteiger partial charge in [-0.3, -0.25) is 14.3 Å². The van der Waals surface area contributed by atoms with Crippen LogP contribution in [0.3, 0.4) is 0 Å². The monoisotopic (exact) mass is 454 g/mol. The molecule has 0 fully saturated rings. The van der Waals surface area contributed by atoms with E-state index in [9.17, 15) is 9.59 Å². The van der Waals surface area contributed by atoms with E-state index in [1.54, 1.807) is 17.0 Å². The second-order valence-corrected chi connectivity index (χ2v) is 9.34. The first kappa shape index (κ1) is 21.7. The van der Waals surface area contributed by atoms with E-state index in [0.29, 0.717) is 12.1 Å². The number of aromatic nitrogens is 3. The van der Waals surface area contributed by atoms with Gasteiger partial charge in [-0.1, -0.05) is 24.3 Å². The summed E-state index contributed by atoms with van der Waals surface area (Å²) in [6.07, 6.45) is 7.78. The average molecular weight is 455 g/mol. The summed E-state index contributed by atoms with van der Waals surface area (Å²) in [6.45, 7) is 6.20. The summed E-state index contributed by atoms with van der Waals surface area (Å²) in [6, 6.07) is 13.5. The molecule has 1 aliphatic rings. The molecule has 0 aliphatic carbocycles. The fourth-order valence-corrected chi connectivity index (χ4v) is 4.13. The minimum Gasteiger partial charge on any atom is -0.443 e. The van der Waals surface area contributed by atoms with Crippen LogP contribution in [0.1, 0.15) is 48.1 Å². The molecule has 7 heteroatoms. The zero-order valence-electron chi connectivity index (χ0n) is 19.4. The van der Waals surface area contributed by atoms with Crippen molar-refractivity contribution in [3.05, 3.63) is 77.4 Å². The van der Waals surface area contributed by atoms with E-state index < -0.39 is 11.7 Å². The molecule has 0 spiro atoms. The first-order valence-corrected chi connectivity index (χ1v) is 11.3. The number of rotatable bonds is 3. The van der Waals surface area contributed by atoms with Gasteiger partial charge in [-0.15, -0.1) is 0 Å². The number of H-pyrrole nitrogens is 1. The molecule has 0 radical (unpaired) electrons. The molecule has 0 saturated carbocycles. The number of hydrogen-bond acceptors (Lipinski definition) is 4. The molecule has 1 amide bonds. The number of hydrogen-bond donors (Lipinski definition) is 2. The molecule has 0 saturated heterocycles. The predicted octanol–water partition coefficient (Wildman–Crippen LogP) is 5.27. The molecule has 0 unspecified atom stereocenters. The van der Waals surface area contributed by atoms with Crippen molar-refractivity contribution in [2.24, 2.45) is 0 Å². The van der Waals surface area contributed by atoms with Crippen molar-refractivity contribution >= 4 is 35.1 Å². The van der Waals surface area contributed by atoms with Gasteiger partial charge in [-0.2, -0.15) is 0 Å². The highest BCUT2D eigenvalue weighted by Gasteiger charge is 2.21. The van der Waals surface area contributed by atoms with E-state index in [0.717, 1.165) is 45.5 Å². The highest BCUT2D eigenvalue weighted by atomic mass is 16.6. The van der Waals surface area contributed by atoms with Crippen LogP contribution < -0.4 is 5.32 Å². The Morgan fingerprint density at radius 1 is 1.15 bits per heavy atom. The van der Waals surface area contributed by atoms with Gasteiger partial charge < -0.3 is 15.0 Å². The van der Waals surface area contributed by atoms with Crippen LogP contribution in [-0.2, 0) is 11.2 Å². The van der Waals surface area contributed by atoms with Gasteiger partial charge in [-0.05, 0) is 51.1 Å². The number of benzene rings is 1. The summed E-state index contributed by atoms with van der Waals surface area (Å²) in [5, 5.41) is 3.82. The zero-order chi connectivity index (χ0) is 23.9. The Kier molecular flexibility index (Phi) is 5.32. The first-order chi connectivity index (χ1) is 16.3. The fourth-order valence-electron chi connectivity index (χ4n) is 4.13. The van der Waals surface area contributed by atoms with Crippen molar-refractivity contribution in [1.29, 1.82) is 0 Å². The third-order valence-electron chi connectivity index (χ3n) is 5.66. The van der Waals surface area contributed by atoms with E-state index in [1.165, 1.54) is 0 Å². The van der Waals surface area contributed by atoms with Crippen molar-refractivity contribution in [3.63, 3.8) is 0 Å². The van der Waals surface area contributed by atoms with Crippen LogP contribution in [-0.4, -0.2) is 38.7 Å². The lowest BCUT2D eigenvalue weighted by molar-refractivity contribution is 0.0544. The smallest absolute Gasteiger partial charge is 0.419 e. The largest absolute Gasteiger partial charge is 0.443 e. The Bertz CT molecular complexity index is 1440. The quantitative estimate of drug-likeness (QED) is 0.441. The molecule has 2 N–H and O–H groups in total. The van der Waals surface area contributed by atoms with E-state index in [-0.39, 0.29) is 5.91 Å². The Balaban J connectivity index is 1.46. The molecule has 172 valence electrons. The minimum atomic E-state index is -0.583. The molecule has 5 rings (SSSR count). The predicted molar refractivity (Wildman–Crippen MR) is 133 cm³/mol.